The van der Waals surface area contributed by atoms with Gasteiger partial charge in [0.05, 0.1) is 0 Å². The minimum Gasteiger partial charge on any atom is -0.298 e. The second-order valence-corrected chi connectivity index (χ2v) is 8.45. The molecule has 0 N–H and O–H groups in total. The second kappa shape index (κ2) is 5.95. The Morgan fingerprint density at radius 2 is 2.00 bits per heavy atom. The molecule has 2 fully saturated rings. The number of rotatable bonds is 2. The van der Waals surface area contributed by atoms with Gasteiger partial charge in [0.1, 0.15) is 10.7 Å². The molecule has 3 rings (SSSR count). The minimum atomic E-state index is -3.75. The Hall–Kier alpha value is -0.500. The molecule has 1 aromatic carbocycles. The van der Waals surface area contributed by atoms with Crippen LogP contribution in [0.4, 0.5) is 4.39 Å². The monoisotopic (exact) mass is 376 g/mol. The predicted octanol–water partition coefficient (Wildman–Crippen LogP) is 2.45. The maximum absolute atomic E-state index is 14.0. The van der Waals surface area contributed by atoms with Gasteiger partial charge in [0.25, 0.3) is 0 Å². The summed E-state index contributed by atoms with van der Waals surface area (Å²) in [6, 6.07) is 4.37. The average molecular weight is 377 g/mol. The molecular weight excluding hydrogens is 359 g/mol. The molecule has 1 atom stereocenters. The van der Waals surface area contributed by atoms with Crippen LogP contribution < -0.4 is 0 Å². The van der Waals surface area contributed by atoms with Crippen molar-refractivity contribution in [3.8, 4) is 0 Å². The van der Waals surface area contributed by atoms with Crippen LogP contribution >= 0.6 is 15.9 Å². The summed E-state index contributed by atoms with van der Waals surface area (Å²) in [5, 5.41) is 0. The van der Waals surface area contributed by atoms with E-state index in [9.17, 15) is 12.8 Å². The number of hydrogen-bond acceptors (Lipinski definition) is 3. The number of nitrogens with zero attached hydrogens (tertiary/aromatic N) is 2. The number of halogens is 2. The summed E-state index contributed by atoms with van der Waals surface area (Å²) >= 11 is 3.15. The first-order valence-electron chi connectivity index (χ1n) is 7.18. The molecule has 2 aliphatic rings. The van der Waals surface area contributed by atoms with Crippen LogP contribution in [0.3, 0.4) is 0 Å². The van der Waals surface area contributed by atoms with Crippen LogP contribution in [0.1, 0.15) is 19.3 Å². The SMILES string of the molecule is O=S(=O)(c1ccc(Br)cc1F)N1CCN2CCCCC2C1. The zero-order chi connectivity index (χ0) is 15.0. The maximum atomic E-state index is 14.0. The lowest BCUT2D eigenvalue weighted by Gasteiger charge is -2.43. The van der Waals surface area contributed by atoms with E-state index in [0.29, 0.717) is 17.6 Å². The first-order chi connectivity index (χ1) is 9.98. The summed E-state index contributed by atoms with van der Waals surface area (Å²) in [4.78, 5) is 2.13. The number of benzene rings is 1. The molecular formula is C14H18BrFN2O2S. The minimum absolute atomic E-state index is 0.227. The fraction of sp³-hybridized carbons (Fsp3) is 0.571. The van der Waals surface area contributed by atoms with E-state index in [1.165, 1.54) is 22.9 Å². The molecule has 0 radical (unpaired) electrons. The Bertz CT molecular complexity index is 638. The fourth-order valence-electron chi connectivity index (χ4n) is 3.17. The lowest BCUT2D eigenvalue weighted by Crippen LogP contribution is -2.56. The normalized spacial score (nSPS) is 24.8. The van der Waals surface area contributed by atoms with E-state index in [0.717, 1.165) is 25.9 Å². The zero-order valence-corrected chi connectivity index (χ0v) is 14.0. The van der Waals surface area contributed by atoms with Gasteiger partial charge in [0, 0.05) is 30.1 Å². The molecule has 0 saturated carbocycles. The van der Waals surface area contributed by atoms with Crippen molar-refractivity contribution in [2.75, 3.05) is 26.2 Å². The van der Waals surface area contributed by atoms with Crippen LogP contribution in [0.25, 0.3) is 0 Å². The first-order valence-corrected chi connectivity index (χ1v) is 9.41. The Morgan fingerprint density at radius 3 is 2.76 bits per heavy atom. The number of sulfonamides is 1. The highest BCUT2D eigenvalue weighted by Gasteiger charge is 2.36. The van der Waals surface area contributed by atoms with Gasteiger partial charge in [-0.25, -0.2) is 12.8 Å². The molecule has 0 amide bonds. The highest BCUT2D eigenvalue weighted by Crippen LogP contribution is 2.27. The van der Waals surface area contributed by atoms with Gasteiger partial charge in [0.2, 0.25) is 10.0 Å². The van der Waals surface area contributed by atoms with Gasteiger partial charge in [-0.05, 0) is 37.6 Å². The van der Waals surface area contributed by atoms with E-state index in [2.05, 4.69) is 20.8 Å². The molecule has 2 aliphatic heterocycles. The van der Waals surface area contributed by atoms with Crippen LogP contribution in [0.15, 0.2) is 27.6 Å². The van der Waals surface area contributed by atoms with Gasteiger partial charge < -0.3 is 0 Å². The number of piperazine rings is 1. The van der Waals surface area contributed by atoms with Crippen LogP contribution in [-0.4, -0.2) is 49.8 Å². The number of piperidine rings is 1. The predicted molar refractivity (Wildman–Crippen MR) is 82.1 cm³/mol. The van der Waals surface area contributed by atoms with Crippen molar-refractivity contribution in [3.63, 3.8) is 0 Å². The smallest absolute Gasteiger partial charge is 0.246 e. The van der Waals surface area contributed by atoms with Crippen molar-refractivity contribution in [3.05, 3.63) is 28.5 Å². The largest absolute Gasteiger partial charge is 0.298 e. The summed E-state index contributed by atoms with van der Waals surface area (Å²) in [5.41, 5.74) is 0. The zero-order valence-electron chi connectivity index (χ0n) is 11.6. The number of hydrogen-bond donors (Lipinski definition) is 0. The third kappa shape index (κ3) is 3.02. The Labute approximate surface area is 133 Å². The molecule has 0 bridgehead atoms. The summed E-state index contributed by atoms with van der Waals surface area (Å²) in [7, 11) is -3.75. The summed E-state index contributed by atoms with van der Waals surface area (Å²) < 4.78 is 41.3. The van der Waals surface area contributed by atoms with E-state index in [1.807, 2.05) is 0 Å². The highest BCUT2D eigenvalue weighted by molar-refractivity contribution is 9.10. The van der Waals surface area contributed by atoms with E-state index in [-0.39, 0.29) is 10.9 Å². The number of fused-ring (bicyclic) bond motifs is 1. The molecule has 1 unspecified atom stereocenters. The quantitative estimate of drug-likeness (QED) is 0.795. The second-order valence-electron chi connectivity index (χ2n) is 5.62. The van der Waals surface area contributed by atoms with E-state index in [4.69, 9.17) is 0 Å². The molecule has 116 valence electrons. The third-order valence-electron chi connectivity index (χ3n) is 4.31. The van der Waals surface area contributed by atoms with Gasteiger partial charge in [0.15, 0.2) is 0 Å². The van der Waals surface area contributed by atoms with Crippen LogP contribution in [0.2, 0.25) is 0 Å². The Morgan fingerprint density at radius 1 is 1.19 bits per heavy atom. The molecule has 1 aromatic rings. The highest BCUT2D eigenvalue weighted by atomic mass is 79.9. The maximum Gasteiger partial charge on any atom is 0.246 e. The topological polar surface area (TPSA) is 40.6 Å². The third-order valence-corrected chi connectivity index (χ3v) is 6.70. The molecule has 2 saturated heterocycles. The molecule has 7 heteroatoms. The van der Waals surface area contributed by atoms with Crippen molar-refractivity contribution < 1.29 is 12.8 Å². The fourth-order valence-corrected chi connectivity index (χ4v) is 5.02. The summed E-state index contributed by atoms with van der Waals surface area (Å²) in [6.07, 6.45) is 3.35. The standard InChI is InChI=1S/C14H18BrFN2O2S/c15-11-4-5-14(13(16)9-11)21(19,20)18-8-7-17-6-2-1-3-12(17)10-18/h4-5,9,12H,1-3,6-8,10H2. The van der Waals surface area contributed by atoms with Crippen molar-refractivity contribution in [1.29, 1.82) is 0 Å². The van der Waals surface area contributed by atoms with E-state index in [1.54, 1.807) is 6.07 Å². The van der Waals surface area contributed by atoms with E-state index < -0.39 is 15.8 Å². The van der Waals surface area contributed by atoms with Crippen molar-refractivity contribution in [2.24, 2.45) is 0 Å². The van der Waals surface area contributed by atoms with Crippen molar-refractivity contribution in [2.45, 2.75) is 30.2 Å². The lowest BCUT2D eigenvalue weighted by atomic mass is 10.0. The van der Waals surface area contributed by atoms with Crippen LogP contribution in [0.5, 0.6) is 0 Å². The Balaban J connectivity index is 1.85. The Kier molecular flexibility index (Phi) is 4.36. The summed E-state index contributed by atoms with van der Waals surface area (Å²) in [5.74, 6) is -0.699. The van der Waals surface area contributed by atoms with Crippen LogP contribution in [0, 0.1) is 5.82 Å². The van der Waals surface area contributed by atoms with Crippen molar-refractivity contribution >= 4 is 26.0 Å². The lowest BCUT2D eigenvalue weighted by molar-refractivity contribution is 0.0851. The summed E-state index contributed by atoms with van der Waals surface area (Å²) in [6.45, 7) is 2.69. The first kappa shape index (κ1) is 15.4. The molecule has 0 aromatic heterocycles. The average Bonchev–Trinajstić information content (AvgIpc) is 2.46. The van der Waals surface area contributed by atoms with Crippen LogP contribution in [-0.2, 0) is 10.0 Å². The van der Waals surface area contributed by atoms with Gasteiger partial charge in [-0.1, -0.05) is 22.4 Å². The van der Waals surface area contributed by atoms with Gasteiger partial charge in [-0.15, -0.1) is 0 Å². The molecule has 0 aliphatic carbocycles. The van der Waals surface area contributed by atoms with Gasteiger partial charge in [-0.2, -0.15) is 4.31 Å². The van der Waals surface area contributed by atoms with Gasteiger partial charge >= 0.3 is 0 Å². The molecule has 21 heavy (non-hydrogen) atoms. The molecule has 2 heterocycles. The molecule has 4 nitrogen and oxygen atoms in total. The van der Waals surface area contributed by atoms with Gasteiger partial charge in [-0.3, -0.25) is 4.90 Å². The van der Waals surface area contributed by atoms with E-state index >= 15 is 0 Å². The molecule has 0 spiro atoms. The van der Waals surface area contributed by atoms with Crippen molar-refractivity contribution in [1.82, 2.24) is 9.21 Å².